The molecule has 0 aromatic rings. The van der Waals surface area contributed by atoms with Gasteiger partial charge in [-0.15, -0.1) is 0 Å². The fourth-order valence-corrected chi connectivity index (χ4v) is 5.16. The summed E-state index contributed by atoms with van der Waals surface area (Å²) in [5.74, 6) is 1.78. The zero-order valence-corrected chi connectivity index (χ0v) is 13.6. The van der Waals surface area contributed by atoms with Crippen molar-refractivity contribution in [3.8, 4) is 0 Å². The van der Waals surface area contributed by atoms with Crippen LogP contribution < -0.4 is 0 Å². The van der Waals surface area contributed by atoms with Crippen molar-refractivity contribution in [3.05, 3.63) is 0 Å². The lowest BCUT2D eigenvalue weighted by Crippen LogP contribution is -2.51. The van der Waals surface area contributed by atoms with Crippen molar-refractivity contribution in [1.82, 2.24) is 4.90 Å². The first-order valence-corrected chi connectivity index (χ1v) is 9.68. The Morgan fingerprint density at radius 3 is 2.42 bits per heavy atom. The van der Waals surface area contributed by atoms with Gasteiger partial charge in [-0.1, -0.05) is 6.92 Å². The van der Waals surface area contributed by atoms with E-state index in [9.17, 15) is 8.42 Å². The molecule has 1 fully saturated rings. The molecule has 1 unspecified atom stereocenters. The number of nitrogens with zero attached hydrogens (tertiary/aromatic N) is 1. The van der Waals surface area contributed by atoms with Gasteiger partial charge in [-0.05, 0) is 13.8 Å². The maximum atomic E-state index is 12.1. The normalized spacial score (nSPS) is 22.0. The highest BCUT2D eigenvalue weighted by molar-refractivity contribution is 8.01. The number of hydrogen-bond donors (Lipinski definition) is 0. The van der Waals surface area contributed by atoms with Crippen LogP contribution >= 0.6 is 11.8 Å². The van der Waals surface area contributed by atoms with Crippen molar-refractivity contribution in [1.29, 1.82) is 0 Å². The Kier molecular flexibility index (Phi) is 7.68. The minimum Gasteiger partial charge on any atom is -0.352 e. The fraction of sp³-hybridized carbons (Fsp3) is 1.00. The van der Waals surface area contributed by atoms with Gasteiger partial charge >= 0.3 is 0 Å². The molecular weight excluding hydrogens is 286 g/mol. The molecule has 0 saturated carbocycles. The highest BCUT2D eigenvalue weighted by Crippen LogP contribution is 2.22. The molecular formula is C12H25NO4S2. The molecule has 0 aromatic carbocycles. The van der Waals surface area contributed by atoms with Crippen molar-refractivity contribution in [3.63, 3.8) is 0 Å². The molecule has 1 aliphatic rings. The van der Waals surface area contributed by atoms with Crippen molar-refractivity contribution < 1.29 is 17.9 Å². The maximum Gasteiger partial charge on any atom is 0.170 e. The van der Waals surface area contributed by atoms with Gasteiger partial charge in [0.15, 0.2) is 16.1 Å². The Bertz CT molecular complexity index is 342. The molecule has 114 valence electrons. The number of sulfone groups is 1. The lowest BCUT2D eigenvalue weighted by molar-refractivity contribution is -0.147. The molecule has 1 saturated heterocycles. The van der Waals surface area contributed by atoms with Gasteiger partial charge in [-0.25, -0.2) is 8.42 Å². The Hall–Kier alpha value is 0.180. The third-order valence-corrected chi connectivity index (χ3v) is 6.43. The highest BCUT2D eigenvalue weighted by Gasteiger charge is 2.34. The van der Waals surface area contributed by atoms with Crippen LogP contribution in [0.1, 0.15) is 20.8 Å². The SMILES string of the molecule is CCOC(CN1CCSCC1S(=O)(=O)CC)OCC. The van der Waals surface area contributed by atoms with Gasteiger partial charge in [0.25, 0.3) is 0 Å². The summed E-state index contributed by atoms with van der Waals surface area (Å²) in [4.78, 5) is 1.99. The molecule has 7 heteroatoms. The van der Waals surface area contributed by atoms with Crippen LogP contribution in [-0.4, -0.2) is 68.5 Å². The lowest BCUT2D eigenvalue weighted by atomic mass is 10.4. The zero-order valence-electron chi connectivity index (χ0n) is 12.0. The van der Waals surface area contributed by atoms with Gasteiger partial charge in [0.05, 0.1) is 6.54 Å². The summed E-state index contributed by atoms with van der Waals surface area (Å²) in [6, 6.07) is 0. The van der Waals surface area contributed by atoms with Crippen molar-refractivity contribution in [2.24, 2.45) is 0 Å². The van der Waals surface area contributed by atoms with Gasteiger partial charge in [0, 0.05) is 37.0 Å². The lowest BCUT2D eigenvalue weighted by Gasteiger charge is -2.36. The first-order chi connectivity index (χ1) is 9.05. The zero-order chi connectivity index (χ0) is 14.3. The summed E-state index contributed by atoms with van der Waals surface area (Å²) in [5.41, 5.74) is 0. The van der Waals surface area contributed by atoms with E-state index in [4.69, 9.17) is 9.47 Å². The summed E-state index contributed by atoms with van der Waals surface area (Å²) in [6.07, 6.45) is -0.340. The first-order valence-electron chi connectivity index (χ1n) is 6.81. The van der Waals surface area contributed by atoms with Gasteiger partial charge in [0.1, 0.15) is 5.37 Å². The molecule has 0 spiro atoms. The fourth-order valence-electron chi connectivity index (χ4n) is 2.06. The van der Waals surface area contributed by atoms with Crippen LogP contribution in [0.2, 0.25) is 0 Å². The quantitative estimate of drug-likeness (QED) is 0.628. The van der Waals surface area contributed by atoms with E-state index in [1.54, 1.807) is 18.7 Å². The van der Waals surface area contributed by atoms with E-state index in [2.05, 4.69) is 0 Å². The van der Waals surface area contributed by atoms with Crippen LogP contribution in [-0.2, 0) is 19.3 Å². The van der Waals surface area contributed by atoms with E-state index >= 15 is 0 Å². The summed E-state index contributed by atoms with van der Waals surface area (Å²) >= 11 is 1.70. The number of ether oxygens (including phenoxy) is 2. The highest BCUT2D eigenvalue weighted by atomic mass is 32.2. The minimum atomic E-state index is -3.05. The third-order valence-electron chi connectivity index (χ3n) is 3.10. The van der Waals surface area contributed by atoms with Crippen LogP contribution in [0.5, 0.6) is 0 Å². The number of hydrogen-bond acceptors (Lipinski definition) is 6. The predicted molar refractivity (Wildman–Crippen MR) is 79.2 cm³/mol. The van der Waals surface area contributed by atoms with Crippen molar-refractivity contribution in [2.45, 2.75) is 32.4 Å². The van der Waals surface area contributed by atoms with Gasteiger partial charge in [-0.2, -0.15) is 11.8 Å². The molecule has 0 radical (unpaired) electrons. The van der Waals surface area contributed by atoms with Gasteiger partial charge in [0.2, 0.25) is 0 Å². The second kappa shape index (κ2) is 8.46. The summed E-state index contributed by atoms with van der Waals surface area (Å²) < 4.78 is 35.3. The van der Waals surface area contributed by atoms with E-state index in [-0.39, 0.29) is 12.0 Å². The number of thioether (sulfide) groups is 1. The molecule has 0 bridgehead atoms. The molecule has 19 heavy (non-hydrogen) atoms. The van der Waals surface area contributed by atoms with Crippen molar-refractivity contribution in [2.75, 3.05) is 43.6 Å². The molecule has 1 rings (SSSR count). The maximum absolute atomic E-state index is 12.1. The summed E-state index contributed by atoms with van der Waals surface area (Å²) in [5, 5.41) is -0.403. The van der Waals surface area contributed by atoms with E-state index in [1.165, 1.54) is 0 Å². The van der Waals surface area contributed by atoms with E-state index in [0.29, 0.717) is 25.5 Å². The van der Waals surface area contributed by atoms with Crippen LogP contribution in [0.15, 0.2) is 0 Å². The smallest absolute Gasteiger partial charge is 0.170 e. The van der Waals surface area contributed by atoms with Gasteiger partial charge in [-0.3, -0.25) is 4.90 Å². The molecule has 0 amide bonds. The largest absolute Gasteiger partial charge is 0.352 e. The second-order valence-electron chi connectivity index (χ2n) is 4.32. The van der Waals surface area contributed by atoms with Crippen LogP contribution in [0, 0.1) is 0 Å². The predicted octanol–water partition coefficient (Wildman–Crippen LogP) is 1.20. The summed E-state index contributed by atoms with van der Waals surface area (Å²) in [6.45, 7) is 7.96. The van der Waals surface area contributed by atoms with Crippen molar-refractivity contribution >= 4 is 21.6 Å². The van der Waals surface area contributed by atoms with Crippen LogP contribution in [0.3, 0.4) is 0 Å². The van der Waals surface area contributed by atoms with E-state index in [0.717, 1.165) is 12.3 Å². The third kappa shape index (κ3) is 5.23. The summed E-state index contributed by atoms with van der Waals surface area (Å²) in [7, 11) is -3.05. The molecule has 1 atom stereocenters. The molecule has 1 aliphatic heterocycles. The average molecular weight is 311 g/mol. The molecule has 0 aliphatic carbocycles. The van der Waals surface area contributed by atoms with Crippen LogP contribution in [0.4, 0.5) is 0 Å². The standard InChI is InChI=1S/C12H25NO4S2/c1-4-16-12(17-5-2)9-13-7-8-18-10-11(13)19(14,15)6-3/h11-12H,4-10H2,1-3H3. The minimum absolute atomic E-state index is 0.183. The Balaban J connectivity index is 2.71. The monoisotopic (exact) mass is 311 g/mol. The molecule has 0 N–H and O–H groups in total. The van der Waals surface area contributed by atoms with Crippen LogP contribution in [0.25, 0.3) is 0 Å². The first kappa shape index (κ1) is 17.2. The molecule has 0 aromatic heterocycles. The molecule has 1 heterocycles. The average Bonchev–Trinajstić information content (AvgIpc) is 2.40. The van der Waals surface area contributed by atoms with E-state index in [1.807, 2.05) is 18.7 Å². The second-order valence-corrected chi connectivity index (χ2v) is 7.91. The van der Waals surface area contributed by atoms with Gasteiger partial charge < -0.3 is 9.47 Å². The topological polar surface area (TPSA) is 55.8 Å². The Morgan fingerprint density at radius 2 is 1.89 bits per heavy atom. The van der Waals surface area contributed by atoms with E-state index < -0.39 is 15.2 Å². The number of rotatable bonds is 8. The molecule has 5 nitrogen and oxygen atoms in total. The Labute approximate surface area is 120 Å². The Morgan fingerprint density at radius 1 is 1.26 bits per heavy atom.